The second kappa shape index (κ2) is 10.5. The Morgan fingerprint density at radius 3 is 2.39 bits per heavy atom. The molecule has 0 aromatic heterocycles. The number of urea groups is 2. The number of nitrogens with one attached hydrogen (secondary N) is 1. The van der Waals surface area contributed by atoms with Gasteiger partial charge in [0.15, 0.2) is 9.84 Å². The Labute approximate surface area is 215 Å². The fraction of sp³-hybridized carbons (Fsp3) is 0.250. The number of hydrogen-bond donors (Lipinski definition) is 2. The third kappa shape index (κ3) is 5.32. The van der Waals surface area contributed by atoms with Crippen LogP contribution >= 0.6 is 0 Å². The van der Waals surface area contributed by atoms with Gasteiger partial charge in [-0.05, 0) is 42.8 Å². The van der Waals surface area contributed by atoms with Crippen LogP contribution in [0.2, 0.25) is 0 Å². The van der Waals surface area contributed by atoms with E-state index < -0.39 is 51.2 Å². The number of hydrogen-bond acceptors (Lipinski definition) is 7. The number of alkyl halides is 3. The van der Waals surface area contributed by atoms with Gasteiger partial charge in [-0.2, -0.15) is 23.7 Å². The molecular formula is C24H20F3N5O5S. The van der Waals surface area contributed by atoms with E-state index in [1.165, 1.54) is 25.1 Å². The van der Waals surface area contributed by atoms with E-state index in [0.29, 0.717) is 11.0 Å². The minimum atomic E-state index is -4.75. The van der Waals surface area contributed by atoms with Crippen molar-refractivity contribution in [2.75, 3.05) is 24.3 Å². The SMILES string of the molecule is CC1=C(C#N)C(c2ccc(C#N)cc2S(C)(=O)=O)N(C(=O)NCCO)C(=O)N1c1cccc(C(F)(F)F)c1. The molecule has 1 aliphatic heterocycles. The molecule has 0 saturated carbocycles. The molecule has 10 nitrogen and oxygen atoms in total. The second-order valence-corrected chi connectivity index (χ2v) is 10.1. The molecule has 0 spiro atoms. The van der Waals surface area contributed by atoms with Crippen LogP contribution in [-0.4, -0.2) is 49.9 Å². The van der Waals surface area contributed by atoms with Gasteiger partial charge < -0.3 is 10.4 Å². The fourth-order valence-electron chi connectivity index (χ4n) is 3.97. The summed E-state index contributed by atoms with van der Waals surface area (Å²) in [5.74, 6) is 0. The number of anilines is 1. The smallest absolute Gasteiger partial charge is 0.395 e. The minimum absolute atomic E-state index is 0.0441. The number of imide groups is 1. The van der Waals surface area contributed by atoms with Gasteiger partial charge >= 0.3 is 18.2 Å². The van der Waals surface area contributed by atoms with Crippen molar-refractivity contribution in [3.05, 3.63) is 70.4 Å². The first-order valence-corrected chi connectivity index (χ1v) is 12.7. The van der Waals surface area contributed by atoms with E-state index >= 15 is 0 Å². The lowest BCUT2D eigenvalue weighted by atomic mass is 9.93. The van der Waals surface area contributed by atoms with Crippen LogP contribution in [0.4, 0.5) is 28.4 Å². The summed E-state index contributed by atoms with van der Waals surface area (Å²) >= 11 is 0. The summed E-state index contributed by atoms with van der Waals surface area (Å²) in [5.41, 5.74) is -2.06. The first kappa shape index (κ1) is 28.2. The van der Waals surface area contributed by atoms with Crippen molar-refractivity contribution in [2.45, 2.75) is 24.0 Å². The molecule has 1 unspecified atom stereocenters. The number of carbonyl (C=O) groups is 2. The number of halogens is 3. The Hall–Kier alpha value is -4.40. The molecule has 0 aliphatic carbocycles. The van der Waals surface area contributed by atoms with Gasteiger partial charge in [-0.15, -0.1) is 0 Å². The Morgan fingerprint density at radius 1 is 1.16 bits per heavy atom. The molecule has 0 saturated heterocycles. The number of aliphatic hydroxyl groups is 1. The summed E-state index contributed by atoms with van der Waals surface area (Å²) < 4.78 is 65.4. The highest BCUT2D eigenvalue weighted by Gasteiger charge is 2.45. The van der Waals surface area contributed by atoms with Crippen LogP contribution in [0.3, 0.4) is 0 Å². The normalized spacial score (nSPS) is 16.2. The third-order valence-electron chi connectivity index (χ3n) is 5.65. The van der Waals surface area contributed by atoms with Crippen LogP contribution in [0.1, 0.15) is 29.7 Å². The van der Waals surface area contributed by atoms with Crippen LogP contribution < -0.4 is 10.2 Å². The molecule has 14 heteroatoms. The number of amides is 4. The molecular weight excluding hydrogens is 527 g/mol. The largest absolute Gasteiger partial charge is 0.416 e. The Bertz CT molecular complexity index is 1520. The summed E-state index contributed by atoms with van der Waals surface area (Å²) in [6, 6.07) is 6.84. The van der Waals surface area contributed by atoms with Crippen LogP contribution in [0.5, 0.6) is 0 Å². The number of carbonyl (C=O) groups excluding carboxylic acids is 2. The van der Waals surface area contributed by atoms with Gasteiger partial charge in [0.25, 0.3) is 0 Å². The molecule has 1 heterocycles. The standard InChI is InChI=1S/C24H20F3N5O5S/c1-14-19(13-29)21(18-7-6-15(12-28)10-20(18)38(2,36)37)32(22(34)30-8-9-33)23(35)31(14)17-5-3-4-16(11-17)24(25,26)27/h3-7,10-11,21,33H,8-9H2,1-2H3,(H,30,34). The number of benzene rings is 2. The molecule has 1 atom stereocenters. The lowest BCUT2D eigenvalue weighted by molar-refractivity contribution is -0.137. The van der Waals surface area contributed by atoms with Gasteiger partial charge in [-0.25, -0.2) is 22.9 Å². The van der Waals surface area contributed by atoms with Crippen molar-refractivity contribution < 1.29 is 36.3 Å². The van der Waals surface area contributed by atoms with Gasteiger partial charge in [0.2, 0.25) is 0 Å². The molecule has 38 heavy (non-hydrogen) atoms. The molecule has 198 valence electrons. The summed E-state index contributed by atoms with van der Waals surface area (Å²) in [6.45, 7) is 0.424. The summed E-state index contributed by atoms with van der Waals surface area (Å²) in [6.07, 6.45) is -3.91. The number of rotatable bonds is 5. The minimum Gasteiger partial charge on any atom is -0.395 e. The van der Waals surface area contributed by atoms with E-state index in [-0.39, 0.29) is 34.6 Å². The number of nitrogens with zero attached hydrogens (tertiary/aromatic N) is 4. The highest BCUT2D eigenvalue weighted by atomic mass is 32.2. The average molecular weight is 548 g/mol. The summed E-state index contributed by atoms with van der Waals surface area (Å²) in [4.78, 5) is 27.7. The third-order valence-corrected chi connectivity index (χ3v) is 6.80. The van der Waals surface area contributed by atoms with Crippen LogP contribution in [-0.2, 0) is 16.0 Å². The number of nitriles is 2. The molecule has 4 amide bonds. The second-order valence-electron chi connectivity index (χ2n) is 8.14. The molecule has 2 aromatic rings. The van der Waals surface area contributed by atoms with E-state index in [1.807, 2.05) is 6.07 Å². The Morgan fingerprint density at radius 2 is 1.84 bits per heavy atom. The maximum absolute atomic E-state index is 13.7. The van der Waals surface area contributed by atoms with Gasteiger partial charge in [0, 0.05) is 18.5 Å². The van der Waals surface area contributed by atoms with Gasteiger partial charge in [0.1, 0.15) is 6.04 Å². The number of aliphatic hydroxyl groups excluding tert-OH is 1. The monoisotopic (exact) mass is 547 g/mol. The molecule has 1 aliphatic rings. The van der Waals surface area contributed by atoms with Crippen molar-refractivity contribution >= 4 is 27.6 Å². The number of allylic oxidation sites excluding steroid dienone is 1. The van der Waals surface area contributed by atoms with Crippen LogP contribution in [0, 0.1) is 22.7 Å². The van der Waals surface area contributed by atoms with E-state index in [9.17, 15) is 41.7 Å². The van der Waals surface area contributed by atoms with Crippen molar-refractivity contribution in [3.8, 4) is 12.1 Å². The van der Waals surface area contributed by atoms with Crippen molar-refractivity contribution in [3.63, 3.8) is 0 Å². The van der Waals surface area contributed by atoms with E-state index in [2.05, 4.69) is 5.32 Å². The fourth-order valence-corrected chi connectivity index (χ4v) is 4.92. The zero-order valence-electron chi connectivity index (χ0n) is 19.9. The zero-order chi connectivity index (χ0) is 28.4. The van der Waals surface area contributed by atoms with Crippen molar-refractivity contribution in [2.24, 2.45) is 0 Å². The quantitative estimate of drug-likeness (QED) is 0.581. The van der Waals surface area contributed by atoms with E-state index in [1.54, 1.807) is 6.07 Å². The maximum Gasteiger partial charge on any atom is 0.416 e. The van der Waals surface area contributed by atoms with Gasteiger partial charge in [0.05, 0.1) is 46.0 Å². The first-order chi connectivity index (χ1) is 17.8. The van der Waals surface area contributed by atoms with E-state index in [0.717, 1.165) is 29.4 Å². The van der Waals surface area contributed by atoms with Crippen molar-refractivity contribution in [1.82, 2.24) is 10.2 Å². The molecule has 0 bridgehead atoms. The van der Waals surface area contributed by atoms with Crippen molar-refractivity contribution in [1.29, 1.82) is 10.5 Å². The lowest BCUT2D eigenvalue weighted by Gasteiger charge is -2.41. The van der Waals surface area contributed by atoms with Crippen LogP contribution in [0.15, 0.2) is 58.6 Å². The number of sulfone groups is 1. The molecule has 2 aromatic carbocycles. The van der Waals surface area contributed by atoms with Crippen LogP contribution in [0.25, 0.3) is 0 Å². The predicted octanol–water partition coefficient (Wildman–Crippen LogP) is 3.46. The topological polar surface area (TPSA) is 155 Å². The average Bonchev–Trinajstić information content (AvgIpc) is 2.85. The highest BCUT2D eigenvalue weighted by Crippen LogP contribution is 2.42. The Balaban J connectivity index is 2.36. The lowest BCUT2D eigenvalue weighted by Crippen LogP contribution is -2.55. The molecule has 3 rings (SSSR count). The van der Waals surface area contributed by atoms with E-state index in [4.69, 9.17) is 5.11 Å². The van der Waals surface area contributed by atoms with Gasteiger partial charge in [-0.1, -0.05) is 12.1 Å². The van der Waals surface area contributed by atoms with Gasteiger partial charge in [-0.3, -0.25) is 4.90 Å². The predicted molar refractivity (Wildman–Crippen MR) is 127 cm³/mol. The first-order valence-electron chi connectivity index (χ1n) is 10.8. The summed E-state index contributed by atoms with van der Waals surface area (Å²) in [7, 11) is -4.07. The molecule has 0 fully saturated rings. The zero-order valence-corrected chi connectivity index (χ0v) is 20.8. The summed E-state index contributed by atoms with van der Waals surface area (Å²) in [5, 5.41) is 30.7. The Kier molecular flexibility index (Phi) is 7.81. The maximum atomic E-state index is 13.7. The highest BCUT2D eigenvalue weighted by molar-refractivity contribution is 7.90. The molecule has 2 N–H and O–H groups in total. The molecule has 0 radical (unpaired) electrons.